The Morgan fingerprint density at radius 3 is 1.20 bits per heavy atom. The van der Waals surface area contributed by atoms with Gasteiger partial charge in [-0.05, 0) is 68.1 Å². The Morgan fingerprint density at radius 2 is 0.733 bits per heavy atom. The summed E-state index contributed by atoms with van der Waals surface area (Å²) in [6.07, 6.45) is 3.07. The third kappa shape index (κ3) is 4.04. The van der Waals surface area contributed by atoms with Crippen molar-refractivity contribution in [2.75, 3.05) is 0 Å². The van der Waals surface area contributed by atoms with E-state index in [1.807, 2.05) is 0 Å². The fourth-order valence-corrected chi connectivity index (χ4v) is 6.90. The maximum atomic E-state index is 4.32. The first-order valence-corrected chi connectivity index (χ1v) is 15.1. The second-order valence-corrected chi connectivity index (χ2v) is 11.3. The summed E-state index contributed by atoms with van der Waals surface area (Å²) >= 11 is 0. The summed E-state index contributed by atoms with van der Waals surface area (Å²) in [6.45, 7) is 0. The normalized spacial score (nSPS) is 11.6. The van der Waals surface area contributed by atoms with Gasteiger partial charge in [-0.3, -0.25) is 0 Å². The highest BCUT2D eigenvalue weighted by molar-refractivity contribution is 6.21. The molecule has 0 bridgehead atoms. The van der Waals surface area contributed by atoms with Crippen LogP contribution < -0.4 is 0 Å². The van der Waals surface area contributed by atoms with Gasteiger partial charge in [-0.15, -0.1) is 0 Å². The van der Waals surface area contributed by atoms with Crippen LogP contribution in [-0.4, -0.2) is 19.5 Å². The van der Waals surface area contributed by atoms with Crippen molar-refractivity contribution in [3.05, 3.63) is 158 Å². The van der Waals surface area contributed by atoms with E-state index in [0.717, 1.165) is 16.8 Å². The van der Waals surface area contributed by atoms with Crippen LogP contribution in [0.4, 0.5) is 0 Å². The maximum absolute atomic E-state index is 4.32. The van der Waals surface area contributed by atoms with E-state index in [4.69, 9.17) is 0 Å². The van der Waals surface area contributed by atoms with Crippen LogP contribution in [0.15, 0.2) is 158 Å². The minimum Gasteiger partial charge on any atom is -0.309 e. The molecule has 210 valence electrons. The third-order valence-corrected chi connectivity index (χ3v) is 8.85. The van der Waals surface area contributed by atoms with Crippen molar-refractivity contribution in [1.29, 1.82) is 0 Å². The number of hydrogen-bond donors (Lipinski definition) is 0. The van der Waals surface area contributed by atoms with Crippen LogP contribution in [-0.2, 0) is 0 Å². The molecule has 0 amide bonds. The monoisotopic (exact) mass is 574 g/mol. The SMILES string of the molecule is c1ccc2c(-c3ccc(-n4c5ccccc5c5ccccc54)cc3)c3ccccc3c(-c3ccc(-c4ncncn4)cc3)c2c1. The van der Waals surface area contributed by atoms with E-state index in [1.165, 1.54) is 72.7 Å². The molecule has 4 heteroatoms. The Morgan fingerprint density at radius 1 is 0.356 bits per heavy atom. The fraction of sp³-hybridized carbons (Fsp3) is 0. The fourth-order valence-electron chi connectivity index (χ4n) is 6.90. The van der Waals surface area contributed by atoms with Crippen LogP contribution in [0.5, 0.6) is 0 Å². The number of fused-ring (bicyclic) bond motifs is 5. The lowest BCUT2D eigenvalue weighted by Crippen LogP contribution is -1.94. The van der Waals surface area contributed by atoms with Crippen LogP contribution in [0.3, 0.4) is 0 Å². The second kappa shape index (κ2) is 10.2. The molecule has 0 radical (unpaired) electrons. The summed E-state index contributed by atoms with van der Waals surface area (Å²) in [5.74, 6) is 0.672. The van der Waals surface area contributed by atoms with E-state index in [9.17, 15) is 0 Å². The zero-order valence-electron chi connectivity index (χ0n) is 24.3. The number of nitrogens with zero attached hydrogens (tertiary/aromatic N) is 4. The number of benzene rings is 7. The summed E-state index contributed by atoms with van der Waals surface area (Å²) in [5.41, 5.74) is 9.39. The minimum absolute atomic E-state index is 0.672. The second-order valence-electron chi connectivity index (χ2n) is 11.3. The topological polar surface area (TPSA) is 43.6 Å². The van der Waals surface area contributed by atoms with Gasteiger partial charge in [0.05, 0.1) is 11.0 Å². The van der Waals surface area contributed by atoms with Gasteiger partial charge in [0.1, 0.15) is 12.7 Å². The zero-order chi connectivity index (χ0) is 29.7. The van der Waals surface area contributed by atoms with Crippen LogP contribution in [0.25, 0.3) is 82.7 Å². The Bertz CT molecular complexity index is 2400. The Labute approximate surface area is 259 Å². The van der Waals surface area contributed by atoms with Crippen LogP contribution in [0.1, 0.15) is 0 Å². The molecule has 45 heavy (non-hydrogen) atoms. The molecule has 4 nitrogen and oxygen atoms in total. The molecule has 2 aromatic heterocycles. The predicted octanol–water partition coefficient (Wildman–Crippen LogP) is 10.3. The van der Waals surface area contributed by atoms with Gasteiger partial charge in [0.15, 0.2) is 5.82 Å². The molecule has 7 aromatic carbocycles. The van der Waals surface area contributed by atoms with Gasteiger partial charge in [-0.25, -0.2) is 15.0 Å². The van der Waals surface area contributed by atoms with Gasteiger partial charge in [0, 0.05) is 22.0 Å². The lowest BCUT2D eigenvalue weighted by Gasteiger charge is -2.18. The highest BCUT2D eigenvalue weighted by Gasteiger charge is 2.17. The highest BCUT2D eigenvalue weighted by atomic mass is 15.0. The average Bonchev–Trinajstić information content (AvgIpc) is 3.45. The molecule has 0 unspecified atom stereocenters. The molecular weight excluding hydrogens is 548 g/mol. The minimum atomic E-state index is 0.672. The molecular formula is C41H26N4. The molecule has 0 aliphatic heterocycles. The molecule has 0 atom stereocenters. The smallest absolute Gasteiger partial charge is 0.162 e. The quantitative estimate of drug-likeness (QED) is 0.196. The Balaban J connectivity index is 1.23. The van der Waals surface area contributed by atoms with E-state index < -0.39 is 0 Å². The van der Waals surface area contributed by atoms with Gasteiger partial charge in [0.25, 0.3) is 0 Å². The summed E-state index contributed by atoms with van der Waals surface area (Å²) in [5, 5.41) is 7.46. The van der Waals surface area contributed by atoms with E-state index in [1.54, 1.807) is 0 Å². The van der Waals surface area contributed by atoms with Crippen molar-refractivity contribution in [3.63, 3.8) is 0 Å². The molecule has 0 fully saturated rings. The standard InChI is InChI=1S/C41H26N4/c1-3-13-35-33(11-1)39(27-17-19-29(20-18-27)41-43-25-42-26-44-41)34-12-2-4-14-36(34)40(35)28-21-23-30(24-22-28)45-37-15-7-5-9-31(37)32-10-6-8-16-38(32)45/h1-26H. The highest BCUT2D eigenvalue weighted by Crippen LogP contribution is 2.44. The predicted molar refractivity (Wildman–Crippen MR) is 185 cm³/mol. The molecule has 9 aromatic rings. The van der Waals surface area contributed by atoms with Gasteiger partial charge in [0.2, 0.25) is 0 Å². The summed E-state index contributed by atoms with van der Waals surface area (Å²) in [4.78, 5) is 12.6. The van der Waals surface area contributed by atoms with Crippen molar-refractivity contribution < 1.29 is 0 Å². The van der Waals surface area contributed by atoms with Gasteiger partial charge in [-0.2, -0.15) is 0 Å². The molecule has 0 saturated carbocycles. The summed E-state index contributed by atoms with van der Waals surface area (Å²) in [7, 11) is 0. The van der Waals surface area contributed by atoms with Crippen molar-refractivity contribution in [2.24, 2.45) is 0 Å². The van der Waals surface area contributed by atoms with Gasteiger partial charge >= 0.3 is 0 Å². The van der Waals surface area contributed by atoms with Crippen LogP contribution >= 0.6 is 0 Å². The maximum Gasteiger partial charge on any atom is 0.162 e. The van der Waals surface area contributed by atoms with Crippen molar-refractivity contribution in [3.8, 4) is 39.3 Å². The molecule has 9 rings (SSSR count). The largest absolute Gasteiger partial charge is 0.309 e. The lowest BCUT2D eigenvalue weighted by molar-refractivity contribution is 1.06. The number of para-hydroxylation sites is 2. The van der Waals surface area contributed by atoms with Crippen LogP contribution in [0, 0.1) is 0 Å². The molecule has 0 aliphatic rings. The van der Waals surface area contributed by atoms with Crippen LogP contribution in [0.2, 0.25) is 0 Å². The van der Waals surface area contributed by atoms with E-state index in [2.05, 4.69) is 165 Å². The van der Waals surface area contributed by atoms with E-state index in [-0.39, 0.29) is 0 Å². The van der Waals surface area contributed by atoms with E-state index >= 15 is 0 Å². The van der Waals surface area contributed by atoms with Gasteiger partial charge in [-0.1, -0.05) is 121 Å². The number of aromatic nitrogens is 4. The van der Waals surface area contributed by atoms with Crippen molar-refractivity contribution in [2.45, 2.75) is 0 Å². The zero-order valence-corrected chi connectivity index (χ0v) is 24.3. The molecule has 0 N–H and O–H groups in total. The van der Waals surface area contributed by atoms with Crippen molar-refractivity contribution >= 4 is 43.4 Å². The van der Waals surface area contributed by atoms with E-state index in [0.29, 0.717) is 5.82 Å². The third-order valence-electron chi connectivity index (χ3n) is 8.85. The van der Waals surface area contributed by atoms with Crippen molar-refractivity contribution in [1.82, 2.24) is 19.5 Å². The molecule has 2 heterocycles. The number of rotatable bonds is 4. The van der Waals surface area contributed by atoms with Gasteiger partial charge < -0.3 is 4.57 Å². The average molecular weight is 575 g/mol. The molecule has 0 aliphatic carbocycles. The number of hydrogen-bond acceptors (Lipinski definition) is 3. The summed E-state index contributed by atoms with van der Waals surface area (Å²) < 4.78 is 2.37. The first kappa shape index (κ1) is 25.4. The summed E-state index contributed by atoms with van der Waals surface area (Å²) in [6, 6.07) is 52.4. The lowest BCUT2D eigenvalue weighted by atomic mass is 9.86. The Kier molecular flexibility index (Phi) is 5.78. The molecule has 0 saturated heterocycles. The molecule has 0 spiro atoms. The first-order chi connectivity index (χ1) is 22.3. The first-order valence-electron chi connectivity index (χ1n) is 15.1. The Hall–Kier alpha value is -6.13.